The van der Waals surface area contributed by atoms with E-state index in [1.165, 1.54) is 32.7 Å². The Bertz CT molecular complexity index is 533. The zero-order valence-corrected chi connectivity index (χ0v) is 16.9. The second kappa shape index (κ2) is 11.1. The molecule has 2 heterocycles. The van der Waals surface area contributed by atoms with Crippen molar-refractivity contribution in [3.05, 3.63) is 12.2 Å². The molecule has 2 N–H and O–H groups in total. The van der Waals surface area contributed by atoms with Crippen LogP contribution < -0.4 is 10.6 Å². The van der Waals surface area contributed by atoms with Gasteiger partial charge in [-0.15, -0.1) is 10.2 Å². The zero-order chi connectivity index (χ0) is 18.8. The van der Waals surface area contributed by atoms with Gasteiger partial charge in [-0.05, 0) is 12.5 Å². The van der Waals surface area contributed by atoms with Crippen molar-refractivity contribution in [2.45, 2.75) is 33.7 Å². The van der Waals surface area contributed by atoms with E-state index in [9.17, 15) is 0 Å². The number of rotatable bonds is 9. The maximum Gasteiger partial charge on any atom is 0.191 e. The topological polar surface area (TPSA) is 73.6 Å². The fraction of sp³-hybridized carbons (Fsp3) is 0.833. The summed E-state index contributed by atoms with van der Waals surface area (Å²) in [6, 6.07) is 0. The van der Waals surface area contributed by atoms with Crippen LogP contribution in [-0.2, 0) is 13.0 Å². The number of nitrogens with zero attached hydrogens (tertiary/aromatic N) is 6. The highest BCUT2D eigenvalue weighted by atomic mass is 15.3. The maximum atomic E-state index is 4.32. The summed E-state index contributed by atoms with van der Waals surface area (Å²) in [4.78, 5) is 9.42. The third-order valence-electron chi connectivity index (χ3n) is 4.98. The molecular formula is C18H36N8. The lowest BCUT2D eigenvalue weighted by Crippen LogP contribution is -2.48. The molecule has 0 bridgehead atoms. The van der Waals surface area contributed by atoms with E-state index < -0.39 is 0 Å². The van der Waals surface area contributed by atoms with E-state index in [4.69, 9.17) is 0 Å². The summed E-state index contributed by atoms with van der Waals surface area (Å²) in [5.41, 5.74) is 0. The maximum absolute atomic E-state index is 4.32. The summed E-state index contributed by atoms with van der Waals surface area (Å²) >= 11 is 0. The predicted molar refractivity (Wildman–Crippen MR) is 106 cm³/mol. The van der Waals surface area contributed by atoms with Crippen molar-refractivity contribution in [3.63, 3.8) is 0 Å². The first-order valence-electron chi connectivity index (χ1n) is 9.92. The van der Waals surface area contributed by atoms with E-state index in [0.717, 1.165) is 44.4 Å². The van der Waals surface area contributed by atoms with Crippen LogP contribution in [0.25, 0.3) is 0 Å². The van der Waals surface area contributed by atoms with Gasteiger partial charge in [-0.2, -0.15) is 0 Å². The minimum absolute atomic E-state index is 0.589. The van der Waals surface area contributed by atoms with Crippen molar-refractivity contribution in [2.75, 3.05) is 59.4 Å². The van der Waals surface area contributed by atoms with E-state index in [1.54, 1.807) is 6.33 Å². The van der Waals surface area contributed by atoms with Crippen LogP contribution in [0.2, 0.25) is 0 Å². The minimum Gasteiger partial charge on any atom is -0.356 e. The van der Waals surface area contributed by atoms with Crippen molar-refractivity contribution >= 4 is 5.96 Å². The van der Waals surface area contributed by atoms with E-state index >= 15 is 0 Å². The van der Waals surface area contributed by atoms with Crippen molar-refractivity contribution in [2.24, 2.45) is 10.9 Å². The first-order valence-corrected chi connectivity index (χ1v) is 9.92. The van der Waals surface area contributed by atoms with Gasteiger partial charge in [-0.3, -0.25) is 4.99 Å². The molecule has 8 heteroatoms. The fourth-order valence-electron chi connectivity index (χ4n) is 3.32. The van der Waals surface area contributed by atoms with E-state index in [1.807, 2.05) is 7.05 Å². The Balaban J connectivity index is 1.63. The lowest BCUT2D eigenvalue weighted by atomic mass is 10.1. The summed E-state index contributed by atoms with van der Waals surface area (Å²) in [7, 11) is 1.82. The molecule has 1 aromatic rings. The normalized spacial score (nSPS) is 18.1. The molecular weight excluding hydrogens is 328 g/mol. The van der Waals surface area contributed by atoms with Gasteiger partial charge >= 0.3 is 0 Å². The number of nitrogens with one attached hydrogen (secondary N) is 2. The van der Waals surface area contributed by atoms with Crippen LogP contribution in [0.3, 0.4) is 0 Å². The second-order valence-corrected chi connectivity index (χ2v) is 7.01. The van der Waals surface area contributed by atoms with Gasteiger partial charge in [-0.25, -0.2) is 0 Å². The van der Waals surface area contributed by atoms with Gasteiger partial charge in [0.2, 0.25) is 0 Å². The monoisotopic (exact) mass is 364 g/mol. The predicted octanol–water partition coefficient (Wildman–Crippen LogP) is 0.279. The van der Waals surface area contributed by atoms with Gasteiger partial charge in [0.25, 0.3) is 0 Å². The molecule has 2 rings (SSSR count). The zero-order valence-electron chi connectivity index (χ0n) is 16.9. The number of piperazine rings is 1. The summed E-state index contributed by atoms with van der Waals surface area (Å²) in [6.45, 7) is 16.3. The lowest BCUT2D eigenvalue weighted by molar-refractivity contribution is 0.124. The van der Waals surface area contributed by atoms with Crippen LogP contribution in [0.15, 0.2) is 11.3 Å². The lowest BCUT2D eigenvalue weighted by Gasteiger charge is -2.35. The molecule has 1 fully saturated rings. The van der Waals surface area contributed by atoms with Crippen molar-refractivity contribution in [1.82, 2.24) is 35.2 Å². The average Bonchev–Trinajstić information content (AvgIpc) is 3.12. The summed E-state index contributed by atoms with van der Waals surface area (Å²) in [5, 5.41) is 14.9. The Morgan fingerprint density at radius 1 is 1.19 bits per heavy atom. The van der Waals surface area contributed by atoms with Gasteiger partial charge in [0, 0.05) is 65.8 Å². The molecule has 1 aromatic heterocycles. The molecule has 0 spiro atoms. The minimum atomic E-state index is 0.589. The molecule has 1 unspecified atom stereocenters. The van der Waals surface area contributed by atoms with Crippen LogP contribution >= 0.6 is 0 Å². The third-order valence-corrected chi connectivity index (χ3v) is 4.98. The highest BCUT2D eigenvalue weighted by Gasteiger charge is 2.17. The van der Waals surface area contributed by atoms with Crippen LogP contribution in [0.5, 0.6) is 0 Å². The second-order valence-electron chi connectivity index (χ2n) is 7.01. The average molecular weight is 365 g/mol. The number of aromatic nitrogens is 3. The molecule has 8 nitrogen and oxygen atoms in total. The highest BCUT2D eigenvalue weighted by Crippen LogP contribution is 2.05. The van der Waals surface area contributed by atoms with Crippen molar-refractivity contribution in [1.29, 1.82) is 0 Å². The van der Waals surface area contributed by atoms with Crippen molar-refractivity contribution in [3.8, 4) is 0 Å². The highest BCUT2D eigenvalue weighted by molar-refractivity contribution is 5.79. The number of guanidine groups is 1. The molecule has 0 saturated carbocycles. The molecule has 0 radical (unpaired) electrons. The number of likely N-dealkylation sites (N-methyl/N-ethyl adjacent to an activating group) is 1. The van der Waals surface area contributed by atoms with E-state index in [2.05, 4.69) is 61.0 Å². The first kappa shape index (κ1) is 20.6. The summed E-state index contributed by atoms with van der Waals surface area (Å²) < 4.78 is 2.08. The Kier molecular flexibility index (Phi) is 8.84. The Morgan fingerprint density at radius 3 is 2.58 bits per heavy atom. The largest absolute Gasteiger partial charge is 0.356 e. The first-order chi connectivity index (χ1) is 12.7. The van der Waals surface area contributed by atoms with Crippen LogP contribution in [-0.4, -0.2) is 89.9 Å². The molecule has 0 aromatic carbocycles. The number of hydrogen-bond donors (Lipinski definition) is 2. The van der Waals surface area contributed by atoms with Crippen LogP contribution in [0, 0.1) is 5.92 Å². The summed E-state index contributed by atoms with van der Waals surface area (Å²) in [6.07, 6.45) is 2.69. The summed E-state index contributed by atoms with van der Waals surface area (Å²) in [5.74, 6) is 2.47. The van der Waals surface area contributed by atoms with Gasteiger partial charge < -0.3 is 25.0 Å². The van der Waals surface area contributed by atoms with Gasteiger partial charge in [0.1, 0.15) is 12.2 Å². The van der Waals surface area contributed by atoms with Crippen molar-refractivity contribution < 1.29 is 0 Å². The van der Waals surface area contributed by atoms with Crippen LogP contribution in [0.4, 0.5) is 0 Å². The Labute approximate surface area is 158 Å². The molecule has 148 valence electrons. The van der Waals surface area contributed by atoms with Gasteiger partial charge in [0.15, 0.2) is 5.96 Å². The number of aliphatic imine (C=N–C) groups is 1. The molecule has 1 saturated heterocycles. The third kappa shape index (κ3) is 6.57. The molecule has 0 aliphatic carbocycles. The van der Waals surface area contributed by atoms with Gasteiger partial charge in [-0.1, -0.05) is 20.8 Å². The molecule has 1 aliphatic heterocycles. The van der Waals surface area contributed by atoms with E-state index in [-0.39, 0.29) is 0 Å². The smallest absolute Gasteiger partial charge is 0.191 e. The van der Waals surface area contributed by atoms with Crippen LogP contribution in [0.1, 0.15) is 26.6 Å². The SMILES string of the molecule is CCc1nncn1CCNC(=NC)NCC(C)CN1CCN(CC)CC1. The van der Waals surface area contributed by atoms with E-state index in [0.29, 0.717) is 5.92 Å². The Hall–Kier alpha value is -1.67. The molecule has 1 atom stereocenters. The Morgan fingerprint density at radius 2 is 1.92 bits per heavy atom. The number of aryl methyl sites for hydroxylation is 1. The molecule has 26 heavy (non-hydrogen) atoms. The van der Waals surface area contributed by atoms with Gasteiger partial charge in [0.05, 0.1) is 0 Å². The molecule has 0 amide bonds. The molecule has 1 aliphatic rings. The number of hydrogen-bond acceptors (Lipinski definition) is 5. The standard InChI is InChI=1S/C18H36N8/c1-5-17-23-22-15-26(17)8-7-20-18(19-4)21-13-16(3)14-25-11-9-24(6-2)10-12-25/h15-16H,5-14H2,1-4H3,(H2,19,20,21). The quantitative estimate of drug-likeness (QED) is 0.484. The fourth-order valence-corrected chi connectivity index (χ4v) is 3.32.